The van der Waals surface area contributed by atoms with E-state index in [-0.39, 0.29) is 6.04 Å². The lowest BCUT2D eigenvalue weighted by molar-refractivity contribution is 0.704. The first kappa shape index (κ1) is 13.4. The van der Waals surface area contributed by atoms with Crippen molar-refractivity contribution in [2.75, 3.05) is 5.75 Å². The van der Waals surface area contributed by atoms with Crippen molar-refractivity contribution >= 4 is 17.4 Å². The van der Waals surface area contributed by atoms with Gasteiger partial charge in [-0.05, 0) is 25.0 Å². The number of nitrogens with two attached hydrogens (primary N) is 1. The molecule has 2 aromatic heterocycles. The van der Waals surface area contributed by atoms with Crippen molar-refractivity contribution in [2.24, 2.45) is 11.7 Å². The van der Waals surface area contributed by atoms with Crippen LogP contribution in [-0.2, 0) is 6.42 Å². The monoisotopic (exact) mass is 263 g/mol. The van der Waals surface area contributed by atoms with Gasteiger partial charge in [-0.2, -0.15) is 0 Å². The lowest BCUT2D eigenvalue weighted by Crippen LogP contribution is -2.19. The molecule has 0 saturated heterocycles. The Kier molecular flexibility index (Phi) is 4.30. The summed E-state index contributed by atoms with van der Waals surface area (Å²) in [6.07, 6.45) is 2.94. The van der Waals surface area contributed by atoms with Crippen molar-refractivity contribution in [1.29, 1.82) is 0 Å². The smallest absolute Gasteiger partial charge is 0.138 e. The quantitative estimate of drug-likeness (QED) is 0.843. The molecule has 1 atom stereocenters. The van der Waals surface area contributed by atoms with Gasteiger partial charge in [-0.1, -0.05) is 19.9 Å². The number of hydrogen-bond donors (Lipinski definition) is 1. The molecule has 2 aromatic rings. The summed E-state index contributed by atoms with van der Waals surface area (Å²) in [6.45, 7) is 6.50. The fourth-order valence-corrected chi connectivity index (χ4v) is 2.87. The van der Waals surface area contributed by atoms with Crippen molar-refractivity contribution in [1.82, 2.24) is 9.38 Å². The Morgan fingerprint density at radius 2 is 2.11 bits per heavy atom. The molecule has 2 heterocycles. The van der Waals surface area contributed by atoms with Crippen LogP contribution in [0.25, 0.3) is 5.65 Å². The molecule has 3 nitrogen and oxygen atoms in total. The maximum Gasteiger partial charge on any atom is 0.138 e. The molecule has 0 aromatic carbocycles. The summed E-state index contributed by atoms with van der Waals surface area (Å²) in [6, 6.07) is 6.26. The molecule has 0 spiro atoms. The summed E-state index contributed by atoms with van der Waals surface area (Å²) in [4.78, 5) is 4.71. The first-order valence-corrected chi connectivity index (χ1v) is 7.41. The summed E-state index contributed by atoms with van der Waals surface area (Å²) in [5.74, 6) is 1.76. The number of hydrogen-bond acceptors (Lipinski definition) is 3. The van der Waals surface area contributed by atoms with Gasteiger partial charge < -0.3 is 10.1 Å². The number of thioether (sulfide) groups is 1. The minimum atomic E-state index is 0.156. The van der Waals surface area contributed by atoms with Crippen LogP contribution in [-0.4, -0.2) is 21.2 Å². The highest BCUT2D eigenvalue weighted by molar-refractivity contribution is 7.99. The lowest BCUT2D eigenvalue weighted by atomic mass is 10.2. The maximum absolute atomic E-state index is 5.95. The third kappa shape index (κ3) is 3.06. The van der Waals surface area contributed by atoms with E-state index in [0.29, 0.717) is 5.92 Å². The maximum atomic E-state index is 5.95. The Hall–Kier alpha value is -1.00. The third-order valence-corrected chi connectivity index (χ3v) is 4.09. The van der Waals surface area contributed by atoms with Crippen LogP contribution in [0.3, 0.4) is 0 Å². The topological polar surface area (TPSA) is 43.3 Å². The second-order valence-electron chi connectivity index (χ2n) is 5.18. The van der Waals surface area contributed by atoms with Gasteiger partial charge in [0.15, 0.2) is 0 Å². The largest absolute Gasteiger partial charge is 0.328 e. The van der Waals surface area contributed by atoms with Gasteiger partial charge >= 0.3 is 0 Å². The molecule has 0 aliphatic rings. The Morgan fingerprint density at radius 1 is 1.33 bits per heavy atom. The number of fused-ring (bicyclic) bond motifs is 1. The third-order valence-electron chi connectivity index (χ3n) is 2.66. The zero-order valence-electron chi connectivity index (χ0n) is 11.3. The number of rotatable bonds is 5. The van der Waals surface area contributed by atoms with E-state index in [0.717, 1.165) is 22.8 Å². The van der Waals surface area contributed by atoms with E-state index in [4.69, 9.17) is 10.7 Å². The van der Waals surface area contributed by atoms with Crippen LogP contribution in [0.1, 0.15) is 26.5 Å². The molecule has 0 bridgehead atoms. The summed E-state index contributed by atoms with van der Waals surface area (Å²) in [5.41, 5.74) is 8.20. The van der Waals surface area contributed by atoms with Gasteiger partial charge in [0, 0.05) is 24.4 Å². The molecule has 0 aliphatic carbocycles. The van der Waals surface area contributed by atoms with Crippen LogP contribution in [0.5, 0.6) is 0 Å². The van der Waals surface area contributed by atoms with E-state index >= 15 is 0 Å². The van der Waals surface area contributed by atoms with Crippen LogP contribution >= 0.6 is 11.8 Å². The van der Waals surface area contributed by atoms with Gasteiger partial charge in [-0.25, -0.2) is 4.98 Å². The zero-order valence-corrected chi connectivity index (χ0v) is 12.1. The van der Waals surface area contributed by atoms with Gasteiger partial charge in [0.1, 0.15) is 10.7 Å². The second-order valence-corrected chi connectivity index (χ2v) is 6.19. The van der Waals surface area contributed by atoms with Crippen LogP contribution in [0.4, 0.5) is 0 Å². The predicted octanol–water partition coefficient (Wildman–Crippen LogP) is 2.97. The molecule has 4 heteroatoms. The van der Waals surface area contributed by atoms with Gasteiger partial charge in [0.2, 0.25) is 0 Å². The SMILES string of the molecule is CC(C)CSc1nc2ccccn2c1CC(C)N. The van der Waals surface area contributed by atoms with Gasteiger partial charge in [-0.3, -0.25) is 0 Å². The highest BCUT2D eigenvalue weighted by Crippen LogP contribution is 2.26. The van der Waals surface area contributed by atoms with E-state index < -0.39 is 0 Å². The molecule has 0 aliphatic heterocycles. The average Bonchev–Trinajstić information content (AvgIpc) is 2.64. The second kappa shape index (κ2) is 5.76. The fourth-order valence-electron chi connectivity index (χ4n) is 1.88. The average molecular weight is 263 g/mol. The van der Waals surface area contributed by atoms with Crippen molar-refractivity contribution in [3.8, 4) is 0 Å². The number of pyridine rings is 1. The van der Waals surface area contributed by atoms with Crippen LogP contribution in [0, 0.1) is 5.92 Å². The summed E-state index contributed by atoms with van der Waals surface area (Å²) < 4.78 is 2.16. The summed E-state index contributed by atoms with van der Waals surface area (Å²) in [5, 5.41) is 1.13. The Bertz CT molecular complexity index is 517. The van der Waals surface area contributed by atoms with E-state index in [1.54, 1.807) is 0 Å². The molecular formula is C14H21N3S. The number of imidazole rings is 1. The van der Waals surface area contributed by atoms with Crippen molar-refractivity contribution in [2.45, 2.75) is 38.3 Å². The Labute approximate surface area is 113 Å². The number of nitrogens with zero attached hydrogens (tertiary/aromatic N) is 2. The number of aromatic nitrogens is 2. The highest BCUT2D eigenvalue weighted by atomic mass is 32.2. The molecule has 98 valence electrons. The predicted molar refractivity (Wildman–Crippen MR) is 78.1 cm³/mol. The normalized spacial score (nSPS) is 13.4. The van der Waals surface area contributed by atoms with Crippen LogP contribution in [0.2, 0.25) is 0 Å². The molecule has 2 rings (SSSR count). The first-order valence-electron chi connectivity index (χ1n) is 6.42. The fraction of sp³-hybridized carbons (Fsp3) is 0.500. The molecule has 0 amide bonds. The minimum Gasteiger partial charge on any atom is -0.328 e. The molecule has 0 fully saturated rings. The zero-order chi connectivity index (χ0) is 13.1. The molecule has 0 radical (unpaired) electrons. The van der Waals surface area contributed by atoms with Crippen LogP contribution < -0.4 is 5.73 Å². The van der Waals surface area contributed by atoms with E-state index in [2.05, 4.69) is 24.4 Å². The highest BCUT2D eigenvalue weighted by Gasteiger charge is 2.14. The molecule has 0 saturated carbocycles. The summed E-state index contributed by atoms with van der Waals surface area (Å²) >= 11 is 1.84. The van der Waals surface area contributed by atoms with E-state index in [1.165, 1.54) is 5.69 Å². The standard InChI is InChI=1S/C14H21N3S/c1-10(2)9-18-14-12(8-11(3)15)17-7-5-4-6-13(17)16-14/h4-7,10-11H,8-9,15H2,1-3H3. The molecular weight excluding hydrogens is 242 g/mol. The Balaban J connectivity index is 2.36. The molecule has 18 heavy (non-hydrogen) atoms. The van der Waals surface area contributed by atoms with E-state index in [1.807, 2.05) is 36.9 Å². The lowest BCUT2D eigenvalue weighted by Gasteiger charge is -2.08. The van der Waals surface area contributed by atoms with Gasteiger partial charge in [0.05, 0.1) is 5.69 Å². The molecule has 1 unspecified atom stereocenters. The van der Waals surface area contributed by atoms with Crippen molar-refractivity contribution in [3.05, 3.63) is 30.1 Å². The van der Waals surface area contributed by atoms with E-state index in [9.17, 15) is 0 Å². The van der Waals surface area contributed by atoms with Gasteiger partial charge in [-0.15, -0.1) is 11.8 Å². The summed E-state index contributed by atoms with van der Waals surface area (Å²) in [7, 11) is 0. The first-order chi connectivity index (χ1) is 8.58. The van der Waals surface area contributed by atoms with Crippen molar-refractivity contribution in [3.63, 3.8) is 0 Å². The van der Waals surface area contributed by atoms with Crippen LogP contribution in [0.15, 0.2) is 29.4 Å². The molecule has 2 N–H and O–H groups in total. The van der Waals surface area contributed by atoms with Gasteiger partial charge in [0.25, 0.3) is 0 Å². The Morgan fingerprint density at radius 3 is 2.78 bits per heavy atom. The van der Waals surface area contributed by atoms with Crippen molar-refractivity contribution < 1.29 is 0 Å². The minimum absolute atomic E-state index is 0.156.